The van der Waals surface area contributed by atoms with E-state index in [4.69, 9.17) is 0 Å². The smallest absolute Gasteiger partial charge is 0.220 e. The van der Waals surface area contributed by atoms with Crippen LogP contribution in [0.1, 0.15) is 39.5 Å². The van der Waals surface area contributed by atoms with E-state index in [2.05, 4.69) is 10.6 Å². The molecule has 1 aliphatic heterocycles. The van der Waals surface area contributed by atoms with E-state index in [0.717, 1.165) is 25.9 Å². The highest BCUT2D eigenvalue weighted by molar-refractivity contribution is 7.90. The maximum atomic E-state index is 11.9. The lowest BCUT2D eigenvalue weighted by molar-refractivity contribution is -0.123. The molecule has 1 amide bonds. The lowest BCUT2D eigenvalue weighted by Gasteiger charge is -2.26. The van der Waals surface area contributed by atoms with E-state index in [9.17, 15) is 13.2 Å². The number of sulfone groups is 1. The third-order valence-corrected chi connectivity index (χ3v) is 4.46. The van der Waals surface area contributed by atoms with Crippen molar-refractivity contribution in [1.82, 2.24) is 10.6 Å². The summed E-state index contributed by atoms with van der Waals surface area (Å²) in [6, 6.07) is 0. The van der Waals surface area contributed by atoms with Crippen LogP contribution in [0.5, 0.6) is 0 Å². The normalized spacial score (nSPS) is 19.4. The second-order valence-electron chi connectivity index (χ2n) is 6.21. The molecule has 1 rings (SSSR count). The van der Waals surface area contributed by atoms with E-state index in [-0.39, 0.29) is 24.1 Å². The van der Waals surface area contributed by atoms with Gasteiger partial charge in [-0.05, 0) is 52.1 Å². The van der Waals surface area contributed by atoms with Gasteiger partial charge in [-0.15, -0.1) is 12.4 Å². The van der Waals surface area contributed by atoms with Gasteiger partial charge in [-0.3, -0.25) is 4.79 Å². The Morgan fingerprint density at radius 2 is 2.05 bits per heavy atom. The highest BCUT2D eigenvalue weighted by Gasteiger charge is 2.23. The Balaban J connectivity index is 0.00000361. The summed E-state index contributed by atoms with van der Waals surface area (Å²) in [5.41, 5.74) is -0.464. The molecular formula is C13H27ClN2O3S. The zero-order valence-electron chi connectivity index (χ0n) is 12.6. The minimum absolute atomic E-state index is 0. The quantitative estimate of drug-likeness (QED) is 0.735. The molecule has 0 bridgehead atoms. The van der Waals surface area contributed by atoms with E-state index in [1.165, 1.54) is 6.26 Å². The molecule has 1 unspecified atom stereocenters. The average Bonchev–Trinajstić information content (AvgIpc) is 2.75. The zero-order chi connectivity index (χ0) is 14.5. The molecule has 0 radical (unpaired) electrons. The van der Waals surface area contributed by atoms with Crippen LogP contribution in [0.15, 0.2) is 0 Å². The summed E-state index contributed by atoms with van der Waals surface area (Å²) in [4.78, 5) is 11.9. The molecule has 0 aliphatic carbocycles. The first-order valence-electron chi connectivity index (χ1n) is 6.87. The molecular weight excluding hydrogens is 300 g/mol. The monoisotopic (exact) mass is 326 g/mol. The molecule has 5 nitrogen and oxygen atoms in total. The maximum Gasteiger partial charge on any atom is 0.220 e. The van der Waals surface area contributed by atoms with Gasteiger partial charge in [-0.1, -0.05) is 0 Å². The largest absolute Gasteiger partial charge is 0.351 e. The summed E-state index contributed by atoms with van der Waals surface area (Å²) in [6.45, 7) is 5.79. The summed E-state index contributed by atoms with van der Waals surface area (Å²) in [5, 5.41) is 6.21. The molecule has 0 aromatic rings. The number of halogens is 1. The Bertz CT molecular complexity index is 404. The molecule has 0 aromatic carbocycles. The molecule has 7 heteroatoms. The summed E-state index contributed by atoms with van der Waals surface area (Å²) in [7, 11) is -2.98. The standard InChI is InChI=1S/C13H26N2O3S.ClH/c1-13(2,7-9-19(3,17)18)15-12(16)5-4-11-6-8-14-10-11;/h11,14H,4-10H2,1-3H3,(H,15,16);1H. The molecule has 1 heterocycles. The van der Waals surface area contributed by atoms with Gasteiger partial charge < -0.3 is 10.6 Å². The van der Waals surface area contributed by atoms with Crippen molar-refractivity contribution in [1.29, 1.82) is 0 Å². The van der Waals surface area contributed by atoms with Crippen molar-refractivity contribution >= 4 is 28.2 Å². The van der Waals surface area contributed by atoms with Crippen molar-refractivity contribution in [3.63, 3.8) is 0 Å². The Kier molecular flexibility index (Phi) is 8.06. The van der Waals surface area contributed by atoms with E-state index >= 15 is 0 Å². The molecule has 2 N–H and O–H groups in total. The lowest BCUT2D eigenvalue weighted by atomic mass is 9.99. The van der Waals surface area contributed by atoms with Crippen molar-refractivity contribution in [3.8, 4) is 0 Å². The van der Waals surface area contributed by atoms with Crippen molar-refractivity contribution in [2.24, 2.45) is 5.92 Å². The topological polar surface area (TPSA) is 75.3 Å². The minimum atomic E-state index is -2.98. The van der Waals surface area contributed by atoms with Crippen LogP contribution in [-0.2, 0) is 14.6 Å². The summed E-state index contributed by atoms with van der Waals surface area (Å²) in [5.74, 6) is 0.725. The molecule has 1 saturated heterocycles. The van der Waals surface area contributed by atoms with Crippen molar-refractivity contribution < 1.29 is 13.2 Å². The Morgan fingerprint density at radius 3 is 2.55 bits per heavy atom. The summed E-state index contributed by atoms with van der Waals surface area (Å²) >= 11 is 0. The van der Waals surface area contributed by atoms with Gasteiger partial charge in [0, 0.05) is 18.2 Å². The van der Waals surface area contributed by atoms with Crippen molar-refractivity contribution in [2.45, 2.75) is 45.1 Å². The predicted molar refractivity (Wildman–Crippen MR) is 84.0 cm³/mol. The number of amides is 1. The van der Waals surface area contributed by atoms with Gasteiger partial charge in [0.05, 0.1) is 5.75 Å². The van der Waals surface area contributed by atoms with Gasteiger partial charge in [-0.25, -0.2) is 8.42 Å². The van der Waals surface area contributed by atoms with E-state index in [1.54, 1.807) is 0 Å². The molecule has 1 fully saturated rings. The third kappa shape index (κ3) is 8.76. The van der Waals surface area contributed by atoms with Crippen LogP contribution in [-0.4, -0.2) is 45.0 Å². The fourth-order valence-corrected chi connectivity index (χ4v) is 3.12. The van der Waals surface area contributed by atoms with Crippen LogP contribution < -0.4 is 10.6 Å². The van der Waals surface area contributed by atoms with Gasteiger partial charge in [0.25, 0.3) is 0 Å². The van der Waals surface area contributed by atoms with Crippen LogP contribution in [0.2, 0.25) is 0 Å². The fraction of sp³-hybridized carbons (Fsp3) is 0.923. The number of hydrogen-bond acceptors (Lipinski definition) is 4. The van der Waals surface area contributed by atoms with Gasteiger partial charge in [0.1, 0.15) is 9.84 Å². The Hall–Kier alpha value is -0.330. The first kappa shape index (κ1) is 19.7. The number of rotatable bonds is 7. The average molecular weight is 327 g/mol. The summed E-state index contributed by atoms with van der Waals surface area (Å²) < 4.78 is 22.3. The SMILES string of the molecule is CC(C)(CCS(C)(=O)=O)NC(=O)CCC1CCNC1.Cl. The number of nitrogens with one attached hydrogen (secondary N) is 2. The molecule has 0 saturated carbocycles. The highest BCUT2D eigenvalue weighted by Crippen LogP contribution is 2.15. The van der Waals surface area contributed by atoms with E-state index in [0.29, 0.717) is 18.8 Å². The third-order valence-electron chi connectivity index (χ3n) is 3.52. The van der Waals surface area contributed by atoms with Crippen molar-refractivity contribution in [3.05, 3.63) is 0 Å². The fourth-order valence-electron chi connectivity index (χ4n) is 2.24. The van der Waals surface area contributed by atoms with Crippen LogP contribution in [0.3, 0.4) is 0 Å². The second kappa shape index (κ2) is 8.20. The number of hydrogen-bond donors (Lipinski definition) is 2. The first-order chi connectivity index (χ1) is 8.68. The van der Waals surface area contributed by atoms with Gasteiger partial charge in [-0.2, -0.15) is 0 Å². The highest BCUT2D eigenvalue weighted by atomic mass is 35.5. The van der Waals surface area contributed by atoms with E-state index < -0.39 is 15.4 Å². The molecule has 0 aromatic heterocycles. The Labute approximate surface area is 128 Å². The van der Waals surface area contributed by atoms with Gasteiger partial charge in [0.15, 0.2) is 0 Å². The van der Waals surface area contributed by atoms with Crippen LogP contribution in [0.25, 0.3) is 0 Å². The maximum absolute atomic E-state index is 11.9. The Morgan fingerprint density at radius 1 is 1.40 bits per heavy atom. The second-order valence-corrected chi connectivity index (χ2v) is 8.47. The molecule has 0 spiro atoms. The van der Waals surface area contributed by atoms with Crippen LogP contribution in [0.4, 0.5) is 0 Å². The number of carbonyl (C=O) groups excluding carboxylic acids is 1. The van der Waals surface area contributed by atoms with E-state index in [1.807, 2.05) is 13.8 Å². The molecule has 20 heavy (non-hydrogen) atoms. The summed E-state index contributed by atoms with van der Waals surface area (Å²) in [6.07, 6.45) is 4.24. The number of carbonyl (C=O) groups is 1. The zero-order valence-corrected chi connectivity index (χ0v) is 14.2. The predicted octanol–water partition coefficient (Wildman–Crippen LogP) is 1.13. The van der Waals surface area contributed by atoms with Crippen LogP contribution in [0, 0.1) is 5.92 Å². The van der Waals surface area contributed by atoms with Crippen molar-refractivity contribution in [2.75, 3.05) is 25.1 Å². The molecule has 1 aliphatic rings. The van der Waals surface area contributed by atoms with Crippen LogP contribution >= 0.6 is 12.4 Å². The van der Waals surface area contributed by atoms with Gasteiger partial charge >= 0.3 is 0 Å². The lowest BCUT2D eigenvalue weighted by Crippen LogP contribution is -2.44. The first-order valence-corrected chi connectivity index (χ1v) is 8.93. The molecule has 120 valence electrons. The van der Waals surface area contributed by atoms with Gasteiger partial charge in [0.2, 0.25) is 5.91 Å². The molecule has 1 atom stereocenters. The minimum Gasteiger partial charge on any atom is -0.351 e.